The minimum Gasteiger partial charge on any atom is -0.482 e. The molecule has 1 aliphatic heterocycles. The monoisotopic (exact) mass is 428 g/mol. The molecule has 0 spiro atoms. The minimum atomic E-state index is -0.707. The number of imide groups is 1. The molecule has 0 aromatic heterocycles. The van der Waals surface area contributed by atoms with Crippen LogP contribution in [0.3, 0.4) is 0 Å². The lowest BCUT2D eigenvalue weighted by molar-refractivity contribution is -0.127. The van der Waals surface area contributed by atoms with Crippen LogP contribution in [0.1, 0.15) is 5.56 Å². The lowest BCUT2D eigenvalue weighted by Crippen LogP contribution is -2.38. The lowest BCUT2D eigenvalue weighted by atomic mass is 10.2. The Labute approximate surface area is 176 Å². The average molecular weight is 429 g/mol. The van der Waals surface area contributed by atoms with Gasteiger partial charge in [0.1, 0.15) is 18.0 Å². The zero-order valence-electron chi connectivity index (χ0n) is 15.6. The molecule has 2 aromatic rings. The van der Waals surface area contributed by atoms with Crippen LogP contribution in [0.5, 0.6) is 5.75 Å². The van der Waals surface area contributed by atoms with E-state index in [-0.39, 0.29) is 23.1 Å². The maximum absolute atomic E-state index is 12.5. The number of halogens is 1. The molecule has 5 amide bonds. The van der Waals surface area contributed by atoms with E-state index in [0.717, 1.165) is 4.90 Å². The SMILES string of the molecule is NC(=O)COc1ccc(C=C2NC(=O)N(CC(=O)Nc3ccccc3)C2=O)cc1Cl. The number of rotatable bonds is 7. The van der Waals surface area contributed by atoms with Crippen LogP contribution in [0.25, 0.3) is 6.08 Å². The lowest BCUT2D eigenvalue weighted by Gasteiger charge is -2.11. The smallest absolute Gasteiger partial charge is 0.329 e. The Morgan fingerprint density at radius 1 is 1.17 bits per heavy atom. The fraction of sp³-hybridized carbons (Fsp3) is 0.100. The highest BCUT2D eigenvalue weighted by atomic mass is 35.5. The highest BCUT2D eigenvalue weighted by molar-refractivity contribution is 6.32. The van der Waals surface area contributed by atoms with Crippen molar-refractivity contribution < 1.29 is 23.9 Å². The molecule has 1 heterocycles. The highest BCUT2D eigenvalue weighted by Gasteiger charge is 2.34. The van der Waals surface area contributed by atoms with E-state index in [1.54, 1.807) is 36.4 Å². The van der Waals surface area contributed by atoms with Crippen molar-refractivity contribution in [3.63, 3.8) is 0 Å². The number of nitrogens with zero attached hydrogens (tertiary/aromatic N) is 1. The number of amides is 5. The number of hydrogen-bond donors (Lipinski definition) is 3. The number of carbonyl (C=O) groups excluding carboxylic acids is 4. The Morgan fingerprint density at radius 2 is 1.90 bits per heavy atom. The van der Waals surface area contributed by atoms with Gasteiger partial charge in [0.25, 0.3) is 11.8 Å². The first-order chi connectivity index (χ1) is 14.3. The van der Waals surface area contributed by atoms with Crippen molar-refractivity contribution in [1.29, 1.82) is 0 Å². The van der Waals surface area contributed by atoms with Crippen molar-refractivity contribution in [1.82, 2.24) is 10.2 Å². The Kier molecular flexibility index (Phi) is 6.33. The molecule has 0 radical (unpaired) electrons. The topological polar surface area (TPSA) is 131 Å². The fourth-order valence-electron chi connectivity index (χ4n) is 2.62. The maximum Gasteiger partial charge on any atom is 0.329 e. The number of urea groups is 1. The summed E-state index contributed by atoms with van der Waals surface area (Å²) in [5.74, 6) is -1.55. The molecular formula is C20H17ClN4O5. The number of nitrogens with one attached hydrogen (secondary N) is 2. The van der Waals surface area contributed by atoms with Crippen LogP contribution < -0.4 is 21.1 Å². The molecule has 2 aromatic carbocycles. The normalized spacial score (nSPS) is 14.6. The number of benzene rings is 2. The molecule has 1 fully saturated rings. The molecule has 4 N–H and O–H groups in total. The molecule has 3 rings (SSSR count). The zero-order chi connectivity index (χ0) is 21.7. The van der Waals surface area contributed by atoms with E-state index < -0.39 is 30.3 Å². The van der Waals surface area contributed by atoms with Gasteiger partial charge in [0.15, 0.2) is 6.61 Å². The predicted octanol–water partition coefficient (Wildman–Crippen LogP) is 1.74. The summed E-state index contributed by atoms with van der Waals surface area (Å²) in [5, 5.41) is 5.24. The van der Waals surface area contributed by atoms with Crippen molar-refractivity contribution in [3.8, 4) is 5.75 Å². The molecular weight excluding hydrogens is 412 g/mol. The molecule has 10 heteroatoms. The van der Waals surface area contributed by atoms with Crippen LogP contribution >= 0.6 is 11.6 Å². The Bertz CT molecular complexity index is 1040. The van der Waals surface area contributed by atoms with Gasteiger partial charge >= 0.3 is 6.03 Å². The first-order valence-corrected chi connectivity index (χ1v) is 9.11. The average Bonchev–Trinajstić information content (AvgIpc) is 2.95. The van der Waals surface area contributed by atoms with Gasteiger partial charge in [-0.25, -0.2) is 9.69 Å². The summed E-state index contributed by atoms with van der Waals surface area (Å²) in [6.45, 7) is -0.758. The van der Waals surface area contributed by atoms with E-state index >= 15 is 0 Å². The van der Waals surface area contributed by atoms with Crippen LogP contribution in [0.2, 0.25) is 5.02 Å². The largest absolute Gasteiger partial charge is 0.482 e. The number of ether oxygens (including phenoxy) is 1. The number of para-hydroxylation sites is 1. The number of hydrogen-bond acceptors (Lipinski definition) is 5. The molecule has 0 bridgehead atoms. The van der Waals surface area contributed by atoms with Gasteiger partial charge in [0, 0.05) is 5.69 Å². The summed E-state index contributed by atoms with van der Waals surface area (Å²) in [5.41, 5.74) is 6.07. The molecule has 30 heavy (non-hydrogen) atoms. The van der Waals surface area contributed by atoms with E-state index in [0.29, 0.717) is 11.3 Å². The first-order valence-electron chi connectivity index (χ1n) is 8.73. The van der Waals surface area contributed by atoms with Crippen LogP contribution in [-0.2, 0) is 14.4 Å². The van der Waals surface area contributed by atoms with Crippen LogP contribution in [-0.4, -0.2) is 41.8 Å². The van der Waals surface area contributed by atoms with Crippen LogP contribution in [0.4, 0.5) is 10.5 Å². The summed E-state index contributed by atoms with van der Waals surface area (Å²) >= 11 is 6.10. The van der Waals surface area contributed by atoms with Gasteiger partial charge in [-0.05, 0) is 35.9 Å². The second kappa shape index (κ2) is 9.10. The Balaban J connectivity index is 1.68. The molecule has 1 aliphatic rings. The Morgan fingerprint density at radius 3 is 2.57 bits per heavy atom. The van der Waals surface area contributed by atoms with Gasteiger partial charge in [0.05, 0.1) is 5.02 Å². The first kappa shape index (κ1) is 20.9. The maximum atomic E-state index is 12.5. The van der Waals surface area contributed by atoms with E-state index in [1.807, 2.05) is 0 Å². The summed E-state index contributed by atoms with van der Waals surface area (Å²) in [7, 11) is 0. The van der Waals surface area contributed by atoms with Gasteiger partial charge in [-0.15, -0.1) is 0 Å². The summed E-state index contributed by atoms with van der Waals surface area (Å²) in [4.78, 5) is 48.4. The van der Waals surface area contributed by atoms with Crippen molar-refractivity contribution in [3.05, 3.63) is 64.8 Å². The number of primary amides is 1. The molecule has 9 nitrogen and oxygen atoms in total. The minimum absolute atomic E-state index is 0.00520. The van der Waals surface area contributed by atoms with Crippen molar-refractivity contribution in [2.24, 2.45) is 5.73 Å². The summed E-state index contributed by atoms with van der Waals surface area (Å²) < 4.78 is 5.15. The van der Waals surface area contributed by atoms with Crippen molar-refractivity contribution >= 4 is 47.1 Å². The number of anilines is 1. The molecule has 0 unspecified atom stereocenters. The van der Waals surface area contributed by atoms with Gasteiger partial charge in [-0.2, -0.15) is 0 Å². The van der Waals surface area contributed by atoms with E-state index in [2.05, 4.69) is 10.6 Å². The number of carbonyl (C=O) groups is 4. The molecule has 154 valence electrons. The number of nitrogens with two attached hydrogens (primary N) is 1. The highest BCUT2D eigenvalue weighted by Crippen LogP contribution is 2.27. The quantitative estimate of drug-likeness (QED) is 0.456. The van der Waals surface area contributed by atoms with Crippen LogP contribution in [0.15, 0.2) is 54.2 Å². The zero-order valence-corrected chi connectivity index (χ0v) is 16.3. The molecule has 0 saturated carbocycles. The third kappa shape index (κ3) is 5.15. The van der Waals surface area contributed by atoms with Gasteiger partial charge in [-0.1, -0.05) is 35.9 Å². The van der Waals surface area contributed by atoms with E-state index in [4.69, 9.17) is 22.1 Å². The standard InChI is InChI=1S/C20H17ClN4O5/c21-14-8-12(6-7-16(14)30-11-17(22)26)9-15-19(28)25(20(29)24-15)10-18(27)23-13-4-2-1-3-5-13/h1-9H,10-11H2,(H2,22,26)(H,23,27)(H,24,29). The predicted molar refractivity (Wildman–Crippen MR) is 109 cm³/mol. The second-order valence-electron chi connectivity index (χ2n) is 6.24. The van der Waals surface area contributed by atoms with E-state index in [1.165, 1.54) is 18.2 Å². The Hall–Kier alpha value is -3.85. The van der Waals surface area contributed by atoms with Gasteiger partial charge in [-0.3, -0.25) is 14.4 Å². The van der Waals surface area contributed by atoms with Gasteiger partial charge < -0.3 is 21.1 Å². The van der Waals surface area contributed by atoms with Crippen molar-refractivity contribution in [2.75, 3.05) is 18.5 Å². The third-order valence-electron chi connectivity index (χ3n) is 3.96. The molecule has 0 atom stereocenters. The summed E-state index contributed by atoms with van der Waals surface area (Å²) in [6.07, 6.45) is 1.42. The second-order valence-corrected chi connectivity index (χ2v) is 6.65. The third-order valence-corrected chi connectivity index (χ3v) is 4.25. The summed E-state index contributed by atoms with van der Waals surface area (Å²) in [6, 6.07) is 12.6. The molecule has 0 aliphatic carbocycles. The molecule has 1 saturated heterocycles. The van der Waals surface area contributed by atoms with Crippen LogP contribution in [0, 0.1) is 0 Å². The van der Waals surface area contributed by atoms with Crippen molar-refractivity contribution in [2.45, 2.75) is 0 Å². The van der Waals surface area contributed by atoms with E-state index in [9.17, 15) is 19.2 Å². The fourth-order valence-corrected chi connectivity index (χ4v) is 2.86. The van der Waals surface area contributed by atoms with Gasteiger partial charge in [0.2, 0.25) is 5.91 Å².